The third-order valence-corrected chi connectivity index (χ3v) is 11.2. The van der Waals surface area contributed by atoms with Gasteiger partial charge in [-0.2, -0.15) is 17.5 Å². The Labute approximate surface area is 275 Å². The molecular weight excluding hydrogens is 652 g/mol. The lowest BCUT2D eigenvalue weighted by Crippen LogP contribution is -2.40. The first-order chi connectivity index (χ1) is 22.6. The predicted molar refractivity (Wildman–Crippen MR) is 172 cm³/mol. The minimum Gasteiger partial charge on any atom is -0.379 e. The maximum absolute atomic E-state index is 13.7. The van der Waals surface area contributed by atoms with Crippen LogP contribution in [0.1, 0.15) is 24.0 Å². The van der Waals surface area contributed by atoms with Gasteiger partial charge in [-0.05, 0) is 61.1 Å². The molecule has 2 aliphatic heterocycles. The van der Waals surface area contributed by atoms with E-state index < -0.39 is 21.8 Å². The van der Waals surface area contributed by atoms with Gasteiger partial charge in [0.1, 0.15) is 0 Å². The number of halogens is 3. The summed E-state index contributed by atoms with van der Waals surface area (Å²) in [5.74, 6) is 0.571. The summed E-state index contributed by atoms with van der Waals surface area (Å²) >= 11 is 1.08. The normalized spacial score (nSPS) is 16.8. The molecular formula is C33H34F3N5O4S2. The predicted octanol–water partition coefficient (Wildman–Crippen LogP) is 5.55. The van der Waals surface area contributed by atoms with Crippen LogP contribution < -0.4 is 0 Å². The van der Waals surface area contributed by atoms with Gasteiger partial charge < -0.3 is 9.64 Å². The van der Waals surface area contributed by atoms with Crippen LogP contribution in [0.25, 0.3) is 17.1 Å². The Morgan fingerprint density at radius 3 is 2.34 bits per heavy atom. The summed E-state index contributed by atoms with van der Waals surface area (Å²) in [6, 6.07) is 21.1. The van der Waals surface area contributed by atoms with Crippen LogP contribution >= 0.6 is 11.8 Å². The highest BCUT2D eigenvalue weighted by atomic mass is 32.2. The number of alkyl halides is 3. The number of carbonyl (C=O) groups is 1. The highest BCUT2D eigenvalue weighted by molar-refractivity contribution is 7.99. The van der Waals surface area contributed by atoms with Gasteiger partial charge in [0.2, 0.25) is 15.9 Å². The molecule has 3 heterocycles. The Hall–Kier alpha value is -3.72. The van der Waals surface area contributed by atoms with Crippen molar-refractivity contribution in [3.8, 4) is 17.1 Å². The smallest absolute Gasteiger partial charge is 0.379 e. The highest BCUT2D eigenvalue weighted by Gasteiger charge is 2.32. The molecule has 1 aromatic heterocycles. The topological polar surface area (TPSA) is 97.6 Å². The van der Waals surface area contributed by atoms with Crippen molar-refractivity contribution in [3.63, 3.8) is 0 Å². The fourth-order valence-electron chi connectivity index (χ4n) is 5.89. The highest BCUT2D eigenvalue weighted by Crippen LogP contribution is 2.34. The van der Waals surface area contributed by atoms with Gasteiger partial charge in [0.15, 0.2) is 11.0 Å². The lowest BCUT2D eigenvalue weighted by atomic mass is 9.90. The molecule has 0 bridgehead atoms. The molecule has 2 fully saturated rings. The molecule has 2 saturated heterocycles. The number of benzene rings is 3. The molecule has 0 aliphatic carbocycles. The van der Waals surface area contributed by atoms with E-state index in [4.69, 9.17) is 4.74 Å². The van der Waals surface area contributed by atoms with Crippen LogP contribution in [0.15, 0.2) is 88.9 Å². The van der Waals surface area contributed by atoms with Crippen LogP contribution in [0, 0.1) is 5.92 Å². The van der Waals surface area contributed by atoms with Crippen molar-refractivity contribution in [2.75, 3.05) is 45.1 Å². The van der Waals surface area contributed by atoms with E-state index in [0.29, 0.717) is 24.6 Å². The fraction of sp³-hybridized carbons (Fsp3) is 0.364. The molecule has 0 radical (unpaired) electrons. The van der Waals surface area contributed by atoms with E-state index >= 15 is 0 Å². The van der Waals surface area contributed by atoms with Gasteiger partial charge in [-0.15, -0.1) is 10.2 Å². The Bertz CT molecular complexity index is 1800. The number of ether oxygens (including phenoxy) is 1. The molecule has 3 aromatic carbocycles. The number of piperidine rings is 1. The van der Waals surface area contributed by atoms with Crippen LogP contribution in [0.2, 0.25) is 0 Å². The third-order valence-electron chi connectivity index (χ3n) is 8.42. The molecule has 0 saturated carbocycles. The summed E-state index contributed by atoms with van der Waals surface area (Å²) in [6.07, 6.45) is -1.85. The van der Waals surface area contributed by atoms with Crippen molar-refractivity contribution in [1.82, 2.24) is 24.0 Å². The zero-order valence-electron chi connectivity index (χ0n) is 25.5. The van der Waals surface area contributed by atoms with Gasteiger partial charge in [-0.1, -0.05) is 60.3 Å². The summed E-state index contributed by atoms with van der Waals surface area (Å²) < 4.78 is 76.0. The molecule has 0 spiro atoms. The fourth-order valence-corrected chi connectivity index (χ4v) is 8.20. The van der Waals surface area contributed by atoms with E-state index in [0.717, 1.165) is 43.2 Å². The number of hydrogen-bond donors (Lipinski definition) is 0. The Kier molecular flexibility index (Phi) is 10.0. The van der Waals surface area contributed by atoms with E-state index in [9.17, 15) is 26.4 Å². The first-order valence-electron chi connectivity index (χ1n) is 15.4. The van der Waals surface area contributed by atoms with Crippen LogP contribution in [0.3, 0.4) is 0 Å². The number of amides is 1. The summed E-state index contributed by atoms with van der Waals surface area (Å²) in [7, 11) is -3.85. The molecule has 0 unspecified atom stereocenters. The lowest BCUT2D eigenvalue weighted by molar-refractivity contribution is -0.137. The van der Waals surface area contributed by atoms with Crippen LogP contribution in [-0.4, -0.2) is 83.4 Å². The Balaban J connectivity index is 1.24. The van der Waals surface area contributed by atoms with Gasteiger partial charge in [0, 0.05) is 31.7 Å². The van der Waals surface area contributed by atoms with Gasteiger partial charge >= 0.3 is 6.18 Å². The SMILES string of the molecule is O=C(CSc1nnc(-c2cccc(S(=O)(=O)N3CCOCC3)c2)n1-c1cccc(C(F)(F)F)c1)N1CCC(Cc2ccccc2)CC1. The molecule has 1 amide bonds. The van der Waals surface area contributed by atoms with Gasteiger partial charge in [0.05, 0.1) is 35.1 Å². The maximum atomic E-state index is 13.7. The second-order valence-electron chi connectivity index (χ2n) is 11.5. The molecule has 248 valence electrons. The van der Waals surface area contributed by atoms with Crippen molar-refractivity contribution >= 4 is 27.7 Å². The number of sulfonamides is 1. The summed E-state index contributed by atoms with van der Waals surface area (Å²) in [5.41, 5.74) is 0.909. The van der Waals surface area contributed by atoms with Gasteiger partial charge in [-0.3, -0.25) is 9.36 Å². The van der Waals surface area contributed by atoms with Gasteiger partial charge in [0.25, 0.3) is 0 Å². The monoisotopic (exact) mass is 685 g/mol. The van der Waals surface area contributed by atoms with E-state index in [1.54, 1.807) is 12.1 Å². The average Bonchev–Trinajstić information content (AvgIpc) is 3.52. The molecule has 4 aromatic rings. The number of thioether (sulfide) groups is 1. The first-order valence-corrected chi connectivity index (χ1v) is 17.8. The minimum atomic E-state index is -4.59. The molecule has 2 aliphatic rings. The van der Waals surface area contributed by atoms with Crippen LogP contribution in [-0.2, 0) is 32.2 Å². The van der Waals surface area contributed by atoms with E-state index in [1.165, 1.54) is 38.7 Å². The molecule has 47 heavy (non-hydrogen) atoms. The number of hydrogen-bond acceptors (Lipinski definition) is 7. The summed E-state index contributed by atoms with van der Waals surface area (Å²) in [5, 5.41) is 8.77. The van der Waals surface area contributed by atoms with Crippen molar-refractivity contribution in [3.05, 3.63) is 90.0 Å². The minimum absolute atomic E-state index is 0.0197. The lowest BCUT2D eigenvalue weighted by Gasteiger charge is -2.32. The zero-order chi connectivity index (χ0) is 33.0. The van der Waals surface area contributed by atoms with E-state index in [1.807, 2.05) is 23.1 Å². The van der Waals surface area contributed by atoms with Crippen LogP contribution in [0.4, 0.5) is 13.2 Å². The molecule has 0 N–H and O–H groups in total. The zero-order valence-corrected chi connectivity index (χ0v) is 27.1. The standard InChI is InChI=1S/C33H34F3N5O4S2/c34-33(35,36)27-9-5-10-28(22-27)41-31(26-8-4-11-29(21-26)47(43,44)40-16-18-45-19-17-40)37-38-32(41)46-23-30(42)39-14-12-25(13-15-39)20-24-6-2-1-3-7-24/h1-11,21-22,25H,12-20,23H2. The quantitative estimate of drug-likeness (QED) is 0.213. The first kappa shape index (κ1) is 33.2. The number of carbonyl (C=O) groups excluding carboxylic acids is 1. The number of likely N-dealkylation sites (tertiary alicyclic amines) is 1. The maximum Gasteiger partial charge on any atom is 0.416 e. The second-order valence-corrected chi connectivity index (χ2v) is 14.4. The van der Waals surface area contributed by atoms with Crippen LogP contribution in [0.5, 0.6) is 0 Å². The number of morpholine rings is 1. The second kappa shape index (κ2) is 14.2. The Morgan fingerprint density at radius 2 is 1.62 bits per heavy atom. The van der Waals surface area contributed by atoms with Crippen molar-refractivity contribution in [2.45, 2.75) is 35.5 Å². The number of nitrogens with zero attached hydrogens (tertiary/aromatic N) is 5. The molecule has 0 atom stereocenters. The number of aromatic nitrogens is 3. The van der Waals surface area contributed by atoms with E-state index in [2.05, 4.69) is 22.3 Å². The van der Waals surface area contributed by atoms with E-state index in [-0.39, 0.29) is 59.5 Å². The molecule has 9 nitrogen and oxygen atoms in total. The summed E-state index contributed by atoms with van der Waals surface area (Å²) in [4.78, 5) is 15.1. The average molecular weight is 686 g/mol. The largest absolute Gasteiger partial charge is 0.416 e. The summed E-state index contributed by atoms with van der Waals surface area (Å²) in [6.45, 7) is 2.26. The molecule has 6 rings (SSSR count). The molecule has 14 heteroatoms. The van der Waals surface area contributed by atoms with Gasteiger partial charge in [-0.25, -0.2) is 8.42 Å². The third kappa shape index (κ3) is 7.72. The van der Waals surface area contributed by atoms with Crippen molar-refractivity contribution in [1.29, 1.82) is 0 Å². The van der Waals surface area contributed by atoms with Crippen molar-refractivity contribution < 1.29 is 31.1 Å². The van der Waals surface area contributed by atoms with Crippen molar-refractivity contribution in [2.24, 2.45) is 5.92 Å². The number of rotatable bonds is 9. The Morgan fingerprint density at radius 1 is 0.894 bits per heavy atom.